The van der Waals surface area contributed by atoms with Crippen LogP contribution in [0, 0.1) is 15.2 Å². The summed E-state index contributed by atoms with van der Waals surface area (Å²) in [4.78, 5) is 11.2. The molecule has 3 N–H and O–H groups in total. The van der Waals surface area contributed by atoms with Crippen LogP contribution >= 0.6 is 22.6 Å². The van der Waals surface area contributed by atoms with Crippen molar-refractivity contribution in [3.05, 3.63) is 51.1 Å². The van der Waals surface area contributed by atoms with Gasteiger partial charge in [0, 0.05) is 11.6 Å². The maximum absolute atomic E-state index is 13.7. The first-order chi connectivity index (χ1) is 8.90. The minimum atomic E-state index is -0.820. The summed E-state index contributed by atoms with van der Waals surface area (Å²) in [5.74, 6) is -2.51. The Kier molecular flexibility index (Phi) is 3.70. The molecule has 2 rings (SSSR count). The average Bonchev–Trinajstić information content (AvgIpc) is 2.32. The number of rotatable bonds is 2. The molecule has 98 valence electrons. The van der Waals surface area contributed by atoms with Gasteiger partial charge in [-0.25, -0.2) is 8.78 Å². The summed E-state index contributed by atoms with van der Waals surface area (Å²) in [7, 11) is 0. The van der Waals surface area contributed by atoms with Crippen LogP contribution in [0.25, 0.3) is 11.1 Å². The Morgan fingerprint density at radius 1 is 1.21 bits per heavy atom. The van der Waals surface area contributed by atoms with Gasteiger partial charge in [-0.05, 0) is 52.4 Å². The topological polar surface area (TPSA) is 63.3 Å². The second-order valence-electron chi connectivity index (χ2n) is 3.84. The van der Waals surface area contributed by atoms with E-state index in [0.29, 0.717) is 9.13 Å². The standard InChI is InChI=1S/C13H8F2INO2/c14-7-1-2-8(10(15)5-7)6-3-9(13(17)19)12(18)11(16)4-6/h1-5,18H,(H2,17,19). The minimum Gasteiger partial charge on any atom is -0.506 e. The summed E-state index contributed by atoms with van der Waals surface area (Å²) < 4.78 is 26.9. The molecule has 0 spiro atoms. The number of carbonyl (C=O) groups excluding carboxylic acids is 1. The number of aromatic hydroxyl groups is 1. The van der Waals surface area contributed by atoms with E-state index in [4.69, 9.17) is 5.73 Å². The number of amides is 1. The summed E-state index contributed by atoms with van der Waals surface area (Å²) in [6.07, 6.45) is 0. The van der Waals surface area contributed by atoms with Gasteiger partial charge in [0.15, 0.2) is 0 Å². The van der Waals surface area contributed by atoms with Gasteiger partial charge in [0.2, 0.25) is 0 Å². The second-order valence-corrected chi connectivity index (χ2v) is 5.00. The van der Waals surface area contributed by atoms with Crippen LogP contribution in [0.5, 0.6) is 5.75 Å². The Hall–Kier alpha value is -1.70. The fourth-order valence-corrected chi connectivity index (χ4v) is 2.29. The molecule has 0 saturated carbocycles. The van der Waals surface area contributed by atoms with Crippen molar-refractivity contribution in [2.75, 3.05) is 0 Å². The fourth-order valence-electron chi connectivity index (χ4n) is 1.67. The van der Waals surface area contributed by atoms with E-state index in [1.165, 1.54) is 18.2 Å². The molecular weight excluding hydrogens is 367 g/mol. The van der Waals surface area contributed by atoms with Gasteiger partial charge in [-0.2, -0.15) is 0 Å². The summed E-state index contributed by atoms with van der Waals surface area (Å²) in [5, 5.41) is 9.69. The van der Waals surface area contributed by atoms with E-state index in [0.717, 1.165) is 12.1 Å². The number of hydrogen-bond acceptors (Lipinski definition) is 2. The third kappa shape index (κ3) is 2.67. The molecule has 0 aliphatic heterocycles. The van der Waals surface area contributed by atoms with Crippen molar-refractivity contribution in [2.45, 2.75) is 0 Å². The number of nitrogens with two attached hydrogens (primary N) is 1. The van der Waals surface area contributed by atoms with Gasteiger partial charge < -0.3 is 10.8 Å². The van der Waals surface area contributed by atoms with Gasteiger partial charge in [0.25, 0.3) is 5.91 Å². The molecule has 0 atom stereocenters. The van der Waals surface area contributed by atoms with Crippen LogP contribution in [-0.2, 0) is 0 Å². The summed E-state index contributed by atoms with van der Waals surface area (Å²) in [6, 6.07) is 5.88. The van der Waals surface area contributed by atoms with E-state index in [1.54, 1.807) is 22.6 Å². The second kappa shape index (κ2) is 5.12. The van der Waals surface area contributed by atoms with Crippen molar-refractivity contribution in [3.63, 3.8) is 0 Å². The van der Waals surface area contributed by atoms with Crippen LogP contribution in [0.15, 0.2) is 30.3 Å². The number of hydrogen-bond donors (Lipinski definition) is 2. The molecule has 0 fully saturated rings. The predicted molar refractivity (Wildman–Crippen MR) is 74.7 cm³/mol. The average molecular weight is 375 g/mol. The molecule has 0 radical (unpaired) electrons. The van der Waals surface area contributed by atoms with Crippen LogP contribution in [-0.4, -0.2) is 11.0 Å². The molecule has 19 heavy (non-hydrogen) atoms. The van der Waals surface area contributed by atoms with Crippen LogP contribution in [0.3, 0.4) is 0 Å². The lowest BCUT2D eigenvalue weighted by Gasteiger charge is -2.09. The Balaban J connectivity index is 2.66. The number of carbonyl (C=O) groups is 1. The Bertz CT molecular complexity index is 674. The van der Waals surface area contributed by atoms with Crippen molar-refractivity contribution >= 4 is 28.5 Å². The number of benzene rings is 2. The lowest BCUT2D eigenvalue weighted by Crippen LogP contribution is -2.11. The van der Waals surface area contributed by atoms with Crippen molar-refractivity contribution in [3.8, 4) is 16.9 Å². The highest BCUT2D eigenvalue weighted by molar-refractivity contribution is 14.1. The lowest BCUT2D eigenvalue weighted by atomic mass is 10.0. The quantitative estimate of drug-likeness (QED) is 0.793. The van der Waals surface area contributed by atoms with Crippen LogP contribution < -0.4 is 5.73 Å². The molecule has 0 saturated heterocycles. The van der Waals surface area contributed by atoms with Crippen molar-refractivity contribution < 1.29 is 18.7 Å². The Morgan fingerprint density at radius 3 is 2.47 bits per heavy atom. The number of primary amides is 1. The molecule has 2 aromatic carbocycles. The van der Waals surface area contributed by atoms with Crippen molar-refractivity contribution in [1.82, 2.24) is 0 Å². The zero-order chi connectivity index (χ0) is 14.2. The van der Waals surface area contributed by atoms with Gasteiger partial charge in [-0.15, -0.1) is 0 Å². The van der Waals surface area contributed by atoms with Gasteiger partial charge in [-0.1, -0.05) is 0 Å². The maximum atomic E-state index is 13.7. The Morgan fingerprint density at radius 2 is 1.89 bits per heavy atom. The summed E-state index contributed by atoms with van der Waals surface area (Å²) >= 11 is 1.80. The van der Waals surface area contributed by atoms with Crippen molar-refractivity contribution in [2.24, 2.45) is 5.73 Å². The van der Waals surface area contributed by atoms with Crippen molar-refractivity contribution in [1.29, 1.82) is 0 Å². The first kappa shape index (κ1) is 13.7. The van der Waals surface area contributed by atoms with Crippen LogP contribution in [0.1, 0.15) is 10.4 Å². The van der Waals surface area contributed by atoms with Crippen LogP contribution in [0.4, 0.5) is 8.78 Å². The molecule has 0 heterocycles. The summed E-state index contributed by atoms with van der Waals surface area (Å²) in [5.41, 5.74) is 5.50. The van der Waals surface area contributed by atoms with Gasteiger partial charge in [0.05, 0.1) is 9.13 Å². The van der Waals surface area contributed by atoms with Gasteiger partial charge >= 0.3 is 0 Å². The molecule has 0 unspecified atom stereocenters. The number of halogens is 3. The molecule has 2 aromatic rings. The smallest absolute Gasteiger partial charge is 0.252 e. The van der Waals surface area contributed by atoms with E-state index in [1.807, 2.05) is 0 Å². The molecule has 6 heteroatoms. The first-order valence-electron chi connectivity index (χ1n) is 5.18. The molecule has 3 nitrogen and oxygen atoms in total. The molecular formula is C13H8F2INO2. The monoisotopic (exact) mass is 375 g/mol. The normalized spacial score (nSPS) is 10.5. The third-order valence-corrected chi connectivity index (χ3v) is 3.39. The lowest BCUT2D eigenvalue weighted by molar-refractivity contribution is 0.0997. The van der Waals surface area contributed by atoms with E-state index in [2.05, 4.69) is 0 Å². The van der Waals surface area contributed by atoms with Gasteiger partial charge in [0.1, 0.15) is 17.4 Å². The molecule has 0 bridgehead atoms. The molecule has 0 aliphatic carbocycles. The van der Waals surface area contributed by atoms with E-state index >= 15 is 0 Å². The van der Waals surface area contributed by atoms with E-state index in [9.17, 15) is 18.7 Å². The number of phenols is 1. The van der Waals surface area contributed by atoms with Crippen LogP contribution in [0.2, 0.25) is 0 Å². The summed E-state index contributed by atoms with van der Waals surface area (Å²) in [6.45, 7) is 0. The largest absolute Gasteiger partial charge is 0.506 e. The predicted octanol–water partition coefficient (Wildman–Crippen LogP) is 3.04. The highest BCUT2D eigenvalue weighted by atomic mass is 127. The first-order valence-corrected chi connectivity index (χ1v) is 6.25. The highest BCUT2D eigenvalue weighted by Crippen LogP contribution is 2.32. The molecule has 0 aromatic heterocycles. The Labute approximate surface area is 121 Å². The molecule has 0 aliphatic rings. The maximum Gasteiger partial charge on any atom is 0.252 e. The zero-order valence-electron chi connectivity index (χ0n) is 9.45. The van der Waals surface area contributed by atoms with E-state index < -0.39 is 17.5 Å². The third-order valence-electron chi connectivity index (χ3n) is 2.57. The SMILES string of the molecule is NC(=O)c1cc(-c2ccc(F)cc2F)cc(I)c1O. The zero-order valence-corrected chi connectivity index (χ0v) is 11.6. The highest BCUT2D eigenvalue weighted by Gasteiger charge is 2.15. The van der Waals surface area contributed by atoms with E-state index in [-0.39, 0.29) is 16.9 Å². The van der Waals surface area contributed by atoms with Gasteiger partial charge in [-0.3, -0.25) is 4.79 Å². The fraction of sp³-hybridized carbons (Fsp3) is 0. The molecule has 1 amide bonds. The minimum absolute atomic E-state index is 0.106.